The Labute approximate surface area is 103 Å². The molecular formula is C13H12F3NO. The van der Waals surface area contributed by atoms with E-state index in [0.717, 1.165) is 6.07 Å². The topological polar surface area (TPSA) is 40.9 Å². The highest BCUT2D eigenvalue weighted by molar-refractivity contribution is 5.99. The van der Waals surface area contributed by atoms with E-state index in [1.165, 1.54) is 0 Å². The summed E-state index contributed by atoms with van der Waals surface area (Å²) in [7, 11) is 0. The van der Waals surface area contributed by atoms with Gasteiger partial charge in [-0.2, -0.15) is 5.26 Å². The Morgan fingerprint density at radius 2 is 1.89 bits per heavy atom. The molecule has 5 heteroatoms. The molecule has 96 valence electrons. The number of nitriles is 1. The molecule has 0 aliphatic heterocycles. The molecule has 0 saturated carbocycles. The van der Waals surface area contributed by atoms with Crippen LogP contribution in [0, 0.1) is 40.6 Å². The summed E-state index contributed by atoms with van der Waals surface area (Å²) < 4.78 is 39.1. The maximum absolute atomic E-state index is 13.4. The van der Waals surface area contributed by atoms with Crippen molar-refractivity contribution in [3.8, 4) is 6.07 Å². The summed E-state index contributed by atoms with van der Waals surface area (Å²) >= 11 is 0. The van der Waals surface area contributed by atoms with Gasteiger partial charge in [-0.15, -0.1) is 0 Å². The second-order valence-electron chi connectivity index (χ2n) is 4.40. The zero-order valence-corrected chi connectivity index (χ0v) is 10.0. The maximum atomic E-state index is 13.4. The van der Waals surface area contributed by atoms with Gasteiger partial charge in [-0.05, 0) is 24.5 Å². The first kappa shape index (κ1) is 14.2. The van der Waals surface area contributed by atoms with Crippen LogP contribution in [0.15, 0.2) is 12.1 Å². The predicted molar refractivity (Wildman–Crippen MR) is 59.2 cm³/mol. The Morgan fingerprint density at radius 3 is 2.39 bits per heavy atom. The minimum atomic E-state index is -1.69. The third-order valence-corrected chi connectivity index (χ3v) is 2.48. The second kappa shape index (κ2) is 5.67. The molecule has 1 atom stereocenters. The first-order valence-electron chi connectivity index (χ1n) is 5.45. The van der Waals surface area contributed by atoms with Crippen molar-refractivity contribution in [2.45, 2.75) is 20.3 Å². The molecule has 0 spiro atoms. The molecule has 18 heavy (non-hydrogen) atoms. The highest BCUT2D eigenvalue weighted by Gasteiger charge is 2.26. The van der Waals surface area contributed by atoms with E-state index >= 15 is 0 Å². The molecule has 0 aliphatic carbocycles. The fourth-order valence-electron chi connectivity index (χ4n) is 1.59. The van der Waals surface area contributed by atoms with Gasteiger partial charge in [-0.25, -0.2) is 13.2 Å². The number of hydrogen-bond acceptors (Lipinski definition) is 2. The molecule has 1 rings (SSSR count). The molecule has 0 aliphatic rings. The smallest absolute Gasteiger partial charge is 0.195 e. The van der Waals surface area contributed by atoms with E-state index in [4.69, 9.17) is 5.26 Å². The quantitative estimate of drug-likeness (QED) is 0.610. The summed E-state index contributed by atoms with van der Waals surface area (Å²) in [6.45, 7) is 3.61. The van der Waals surface area contributed by atoms with Gasteiger partial charge in [0.25, 0.3) is 0 Å². The van der Waals surface area contributed by atoms with Crippen molar-refractivity contribution in [2.75, 3.05) is 0 Å². The summed E-state index contributed by atoms with van der Waals surface area (Å²) in [5, 5.41) is 8.86. The fourth-order valence-corrected chi connectivity index (χ4v) is 1.59. The minimum Gasteiger partial charge on any atom is -0.293 e. The van der Waals surface area contributed by atoms with Gasteiger partial charge >= 0.3 is 0 Å². The summed E-state index contributed by atoms with van der Waals surface area (Å²) in [5.74, 6) is -6.40. The number of rotatable bonds is 4. The van der Waals surface area contributed by atoms with Crippen molar-refractivity contribution >= 4 is 5.78 Å². The van der Waals surface area contributed by atoms with E-state index in [-0.39, 0.29) is 12.3 Å². The summed E-state index contributed by atoms with van der Waals surface area (Å²) in [6.07, 6.45) is 0.244. The number of Topliss-reactive ketones (excluding diaryl/α,β-unsaturated/α-hetero) is 1. The zero-order valence-electron chi connectivity index (χ0n) is 10.0. The normalized spacial score (nSPS) is 12.3. The average molecular weight is 255 g/mol. The van der Waals surface area contributed by atoms with Crippen LogP contribution >= 0.6 is 0 Å². The van der Waals surface area contributed by atoms with Gasteiger partial charge in [0, 0.05) is 0 Å². The van der Waals surface area contributed by atoms with E-state index in [0.29, 0.717) is 6.07 Å². The first-order valence-corrected chi connectivity index (χ1v) is 5.45. The van der Waals surface area contributed by atoms with Gasteiger partial charge in [-0.3, -0.25) is 4.79 Å². The van der Waals surface area contributed by atoms with Crippen LogP contribution < -0.4 is 0 Å². The maximum Gasteiger partial charge on any atom is 0.195 e. The van der Waals surface area contributed by atoms with E-state index in [1.54, 1.807) is 19.9 Å². The lowest BCUT2D eigenvalue weighted by Crippen LogP contribution is -2.17. The lowest BCUT2D eigenvalue weighted by molar-refractivity contribution is 0.0931. The van der Waals surface area contributed by atoms with Crippen LogP contribution in [0.5, 0.6) is 0 Å². The molecule has 1 unspecified atom stereocenters. The number of carbonyl (C=O) groups excluding carboxylic acids is 1. The fraction of sp³-hybridized carbons (Fsp3) is 0.385. The van der Waals surface area contributed by atoms with Crippen molar-refractivity contribution in [3.05, 3.63) is 35.1 Å². The van der Waals surface area contributed by atoms with Gasteiger partial charge in [0.05, 0.1) is 11.6 Å². The lowest BCUT2D eigenvalue weighted by atomic mass is 9.90. The van der Waals surface area contributed by atoms with Crippen LogP contribution in [0.4, 0.5) is 13.2 Å². The molecule has 1 aromatic rings. The molecule has 2 nitrogen and oxygen atoms in total. The van der Waals surface area contributed by atoms with Gasteiger partial charge in [-0.1, -0.05) is 13.8 Å². The van der Waals surface area contributed by atoms with Crippen molar-refractivity contribution in [2.24, 2.45) is 11.8 Å². The Bertz CT molecular complexity index is 506. The highest BCUT2D eigenvalue weighted by Crippen LogP contribution is 2.21. The van der Waals surface area contributed by atoms with Crippen LogP contribution in [0.2, 0.25) is 0 Å². The van der Waals surface area contributed by atoms with Crippen LogP contribution in [0.1, 0.15) is 30.6 Å². The molecule has 0 fully saturated rings. The molecule has 0 amide bonds. The largest absolute Gasteiger partial charge is 0.293 e. The van der Waals surface area contributed by atoms with Crippen LogP contribution in [-0.4, -0.2) is 5.78 Å². The Balaban J connectivity index is 3.11. The Hall–Kier alpha value is -1.83. The number of nitrogens with zero attached hydrogens (tertiary/aromatic N) is 1. The van der Waals surface area contributed by atoms with Crippen molar-refractivity contribution in [1.29, 1.82) is 5.26 Å². The van der Waals surface area contributed by atoms with Crippen molar-refractivity contribution in [3.63, 3.8) is 0 Å². The number of halogens is 3. The third-order valence-electron chi connectivity index (χ3n) is 2.48. The van der Waals surface area contributed by atoms with Crippen molar-refractivity contribution in [1.82, 2.24) is 0 Å². The molecule has 0 heterocycles. The van der Waals surface area contributed by atoms with Crippen LogP contribution in [0.3, 0.4) is 0 Å². The summed E-state index contributed by atoms with van der Waals surface area (Å²) in [4.78, 5) is 11.8. The van der Waals surface area contributed by atoms with E-state index in [2.05, 4.69) is 0 Å². The SMILES string of the molecule is CC(C)CC(C#N)C(=O)c1ccc(F)c(F)c1F. The van der Waals surface area contributed by atoms with Crippen molar-refractivity contribution < 1.29 is 18.0 Å². The van der Waals surface area contributed by atoms with Gasteiger partial charge in [0.15, 0.2) is 23.2 Å². The highest BCUT2D eigenvalue weighted by atomic mass is 19.2. The Kier molecular flexibility index (Phi) is 4.49. The predicted octanol–water partition coefficient (Wildman–Crippen LogP) is 3.47. The number of benzene rings is 1. The number of carbonyl (C=O) groups is 1. The molecule has 0 aromatic heterocycles. The standard InChI is InChI=1S/C13H12F3NO/c1-7(2)5-8(6-17)13(18)9-3-4-10(14)12(16)11(9)15/h3-4,7-8H,5H2,1-2H3. The number of ketones is 1. The Morgan fingerprint density at radius 1 is 1.28 bits per heavy atom. The summed E-state index contributed by atoms with van der Waals surface area (Å²) in [5.41, 5.74) is -0.582. The van der Waals surface area contributed by atoms with Gasteiger partial charge in [0.1, 0.15) is 5.92 Å². The lowest BCUT2D eigenvalue weighted by Gasteiger charge is -2.11. The molecule has 0 saturated heterocycles. The van der Waals surface area contributed by atoms with Gasteiger partial charge < -0.3 is 0 Å². The van der Waals surface area contributed by atoms with E-state index in [9.17, 15) is 18.0 Å². The molecule has 0 radical (unpaired) electrons. The van der Waals surface area contributed by atoms with Gasteiger partial charge in [0.2, 0.25) is 0 Å². The molecular weight excluding hydrogens is 243 g/mol. The molecule has 0 bridgehead atoms. The molecule has 1 aromatic carbocycles. The summed E-state index contributed by atoms with van der Waals surface area (Å²) in [6, 6.07) is 3.30. The first-order chi connectivity index (χ1) is 8.38. The minimum absolute atomic E-state index is 0.0620. The monoisotopic (exact) mass is 255 g/mol. The zero-order chi connectivity index (χ0) is 13.9. The third kappa shape index (κ3) is 2.89. The second-order valence-corrected chi connectivity index (χ2v) is 4.40. The molecule has 0 N–H and O–H groups in total. The number of hydrogen-bond donors (Lipinski definition) is 0. The average Bonchev–Trinajstić information content (AvgIpc) is 2.32. The van der Waals surface area contributed by atoms with E-state index in [1.807, 2.05) is 0 Å². The van der Waals surface area contributed by atoms with Crippen LogP contribution in [0.25, 0.3) is 0 Å². The van der Waals surface area contributed by atoms with E-state index < -0.39 is 34.7 Å². The van der Waals surface area contributed by atoms with Crippen LogP contribution in [-0.2, 0) is 0 Å².